The molecule has 1 aromatic carbocycles. The first-order chi connectivity index (χ1) is 11.0. The Hall–Kier alpha value is -2.17. The monoisotopic (exact) mass is 316 g/mol. The van der Waals surface area contributed by atoms with Crippen LogP contribution in [0.3, 0.4) is 0 Å². The zero-order valence-electron chi connectivity index (χ0n) is 13.8. The van der Waals surface area contributed by atoms with Crippen LogP contribution in [0.2, 0.25) is 0 Å². The topological polar surface area (TPSA) is 66.5 Å². The predicted molar refractivity (Wildman–Crippen MR) is 89.4 cm³/mol. The minimum absolute atomic E-state index is 0.0382. The van der Waals surface area contributed by atoms with E-state index in [1.165, 1.54) is 6.92 Å². The molecule has 124 valence electrons. The van der Waals surface area contributed by atoms with Crippen LogP contribution in [-0.2, 0) is 9.59 Å². The van der Waals surface area contributed by atoms with E-state index < -0.39 is 0 Å². The molecule has 23 heavy (non-hydrogen) atoms. The number of Topliss-reactive ketones (excluding diaryl/α,β-unsaturated/α-hetero) is 1. The predicted octanol–water partition coefficient (Wildman–Crippen LogP) is 2.55. The average molecular weight is 316 g/mol. The SMILES string of the molecule is CCCCCNC(=O)C1CC(=O)N(c2cccc(C(C)=O)c2)C1. The summed E-state index contributed by atoms with van der Waals surface area (Å²) in [5.74, 6) is -0.479. The molecule has 1 aromatic rings. The number of rotatable bonds is 7. The van der Waals surface area contributed by atoms with Crippen molar-refractivity contribution in [1.29, 1.82) is 0 Å². The van der Waals surface area contributed by atoms with Gasteiger partial charge in [-0.3, -0.25) is 14.4 Å². The Kier molecular flexibility index (Phi) is 5.90. The summed E-state index contributed by atoms with van der Waals surface area (Å²) in [7, 11) is 0. The molecule has 1 fully saturated rings. The van der Waals surface area contributed by atoms with Crippen molar-refractivity contribution in [3.05, 3.63) is 29.8 Å². The highest BCUT2D eigenvalue weighted by atomic mass is 16.2. The van der Waals surface area contributed by atoms with E-state index in [1.807, 2.05) is 0 Å². The summed E-state index contributed by atoms with van der Waals surface area (Å²) in [4.78, 5) is 37.4. The smallest absolute Gasteiger partial charge is 0.227 e. The summed E-state index contributed by atoms with van der Waals surface area (Å²) in [5, 5.41) is 2.91. The largest absolute Gasteiger partial charge is 0.356 e. The van der Waals surface area contributed by atoms with Crippen molar-refractivity contribution in [3.63, 3.8) is 0 Å². The van der Waals surface area contributed by atoms with Gasteiger partial charge in [-0.1, -0.05) is 31.9 Å². The van der Waals surface area contributed by atoms with Gasteiger partial charge in [-0.25, -0.2) is 0 Å². The minimum Gasteiger partial charge on any atom is -0.356 e. The van der Waals surface area contributed by atoms with E-state index in [9.17, 15) is 14.4 Å². The van der Waals surface area contributed by atoms with E-state index in [2.05, 4.69) is 12.2 Å². The van der Waals surface area contributed by atoms with Crippen LogP contribution in [0.15, 0.2) is 24.3 Å². The van der Waals surface area contributed by atoms with E-state index in [1.54, 1.807) is 29.2 Å². The van der Waals surface area contributed by atoms with Gasteiger partial charge in [0.15, 0.2) is 5.78 Å². The number of ketones is 1. The maximum atomic E-state index is 12.2. The van der Waals surface area contributed by atoms with E-state index >= 15 is 0 Å². The third-order valence-corrected chi connectivity index (χ3v) is 4.14. The van der Waals surface area contributed by atoms with Crippen molar-refractivity contribution in [2.45, 2.75) is 39.5 Å². The summed E-state index contributed by atoms with van der Waals surface area (Å²) in [6, 6.07) is 7.00. The highest BCUT2D eigenvalue weighted by Gasteiger charge is 2.35. The molecule has 1 heterocycles. The Morgan fingerprint density at radius 2 is 2.09 bits per heavy atom. The van der Waals surface area contributed by atoms with Gasteiger partial charge in [0.05, 0.1) is 5.92 Å². The molecule has 0 aromatic heterocycles. The van der Waals surface area contributed by atoms with Crippen LogP contribution in [0.1, 0.15) is 49.9 Å². The molecule has 2 amide bonds. The number of nitrogens with zero attached hydrogens (tertiary/aromatic N) is 1. The molecular weight excluding hydrogens is 292 g/mol. The summed E-state index contributed by atoms with van der Waals surface area (Å²) >= 11 is 0. The molecule has 1 aliphatic rings. The van der Waals surface area contributed by atoms with Gasteiger partial charge in [0, 0.05) is 30.8 Å². The first-order valence-electron chi connectivity index (χ1n) is 8.22. The Morgan fingerprint density at radius 1 is 1.30 bits per heavy atom. The fourth-order valence-corrected chi connectivity index (χ4v) is 2.76. The van der Waals surface area contributed by atoms with Crippen LogP contribution >= 0.6 is 0 Å². The van der Waals surface area contributed by atoms with Gasteiger partial charge in [-0.15, -0.1) is 0 Å². The van der Waals surface area contributed by atoms with Crippen molar-refractivity contribution in [1.82, 2.24) is 5.32 Å². The molecule has 0 spiro atoms. The Labute approximate surface area is 137 Å². The number of amides is 2. The summed E-state index contributed by atoms with van der Waals surface area (Å²) in [5.41, 5.74) is 1.26. The van der Waals surface area contributed by atoms with Crippen LogP contribution in [-0.4, -0.2) is 30.7 Å². The fourth-order valence-electron chi connectivity index (χ4n) is 2.76. The second-order valence-corrected chi connectivity index (χ2v) is 6.01. The second kappa shape index (κ2) is 7.90. The van der Waals surface area contributed by atoms with Gasteiger partial charge in [0.1, 0.15) is 0 Å². The van der Waals surface area contributed by atoms with Crippen LogP contribution in [0.4, 0.5) is 5.69 Å². The van der Waals surface area contributed by atoms with Gasteiger partial charge in [0.25, 0.3) is 0 Å². The normalized spacial score (nSPS) is 17.4. The highest BCUT2D eigenvalue weighted by Crippen LogP contribution is 2.26. The van der Waals surface area contributed by atoms with Gasteiger partial charge in [-0.2, -0.15) is 0 Å². The second-order valence-electron chi connectivity index (χ2n) is 6.01. The molecule has 1 aliphatic heterocycles. The number of carbonyl (C=O) groups excluding carboxylic acids is 3. The number of carbonyl (C=O) groups is 3. The maximum absolute atomic E-state index is 12.2. The lowest BCUT2D eigenvalue weighted by Gasteiger charge is -2.17. The molecule has 1 N–H and O–H groups in total. The van der Waals surface area contributed by atoms with Gasteiger partial charge >= 0.3 is 0 Å². The minimum atomic E-state index is -0.315. The molecule has 5 nitrogen and oxygen atoms in total. The lowest BCUT2D eigenvalue weighted by molar-refractivity contribution is -0.126. The molecule has 2 rings (SSSR count). The zero-order chi connectivity index (χ0) is 16.8. The molecule has 0 saturated carbocycles. The molecule has 0 bridgehead atoms. The van der Waals surface area contributed by atoms with Gasteiger partial charge in [-0.05, 0) is 25.5 Å². The van der Waals surface area contributed by atoms with E-state index in [0.717, 1.165) is 19.3 Å². The lowest BCUT2D eigenvalue weighted by atomic mass is 10.1. The Morgan fingerprint density at radius 3 is 2.78 bits per heavy atom. The fraction of sp³-hybridized carbons (Fsp3) is 0.500. The first kappa shape index (κ1) is 17.2. The number of unbranched alkanes of at least 4 members (excludes halogenated alkanes) is 2. The molecule has 1 saturated heterocycles. The van der Waals surface area contributed by atoms with Gasteiger partial charge in [0.2, 0.25) is 11.8 Å². The number of hydrogen-bond acceptors (Lipinski definition) is 3. The summed E-state index contributed by atoms with van der Waals surface area (Å²) in [6.07, 6.45) is 3.39. The van der Waals surface area contributed by atoms with Crippen molar-refractivity contribution in [2.24, 2.45) is 5.92 Å². The number of hydrogen-bond donors (Lipinski definition) is 1. The molecule has 0 radical (unpaired) electrons. The van der Waals surface area contributed by atoms with E-state index in [4.69, 9.17) is 0 Å². The summed E-state index contributed by atoms with van der Waals surface area (Å²) in [6.45, 7) is 4.65. The van der Waals surface area contributed by atoms with Crippen molar-refractivity contribution >= 4 is 23.3 Å². The quantitative estimate of drug-likeness (QED) is 0.621. The van der Waals surface area contributed by atoms with Crippen molar-refractivity contribution < 1.29 is 14.4 Å². The van der Waals surface area contributed by atoms with Crippen LogP contribution in [0.25, 0.3) is 0 Å². The van der Waals surface area contributed by atoms with Crippen LogP contribution in [0.5, 0.6) is 0 Å². The van der Waals surface area contributed by atoms with Crippen molar-refractivity contribution in [3.8, 4) is 0 Å². The van der Waals surface area contributed by atoms with Crippen LogP contribution in [0, 0.1) is 5.92 Å². The Bertz CT molecular complexity index is 598. The molecule has 1 atom stereocenters. The number of nitrogens with one attached hydrogen (secondary N) is 1. The summed E-state index contributed by atoms with van der Waals surface area (Å²) < 4.78 is 0. The lowest BCUT2D eigenvalue weighted by Crippen LogP contribution is -2.33. The van der Waals surface area contributed by atoms with E-state index in [-0.39, 0.29) is 29.9 Å². The third-order valence-electron chi connectivity index (χ3n) is 4.14. The zero-order valence-corrected chi connectivity index (χ0v) is 13.8. The molecule has 5 heteroatoms. The molecular formula is C18H24N2O3. The maximum Gasteiger partial charge on any atom is 0.227 e. The highest BCUT2D eigenvalue weighted by molar-refractivity contribution is 6.02. The first-order valence-corrected chi connectivity index (χ1v) is 8.22. The standard InChI is InChI=1S/C18H24N2O3/c1-3-4-5-9-19-18(23)15-11-17(22)20(12-15)16-8-6-7-14(10-16)13(2)21/h6-8,10,15H,3-5,9,11-12H2,1-2H3,(H,19,23). The molecule has 1 unspecified atom stereocenters. The Balaban J connectivity index is 1.98. The van der Waals surface area contributed by atoms with E-state index in [0.29, 0.717) is 24.3 Å². The van der Waals surface area contributed by atoms with Crippen LogP contribution < -0.4 is 10.2 Å². The number of benzene rings is 1. The average Bonchev–Trinajstić information content (AvgIpc) is 2.93. The molecule has 0 aliphatic carbocycles. The van der Waals surface area contributed by atoms with Crippen molar-refractivity contribution in [2.75, 3.05) is 18.0 Å². The third kappa shape index (κ3) is 4.41. The van der Waals surface area contributed by atoms with Gasteiger partial charge < -0.3 is 10.2 Å². The number of anilines is 1.